The van der Waals surface area contributed by atoms with Gasteiger partial charge in [0.05, 0.1) is 6.10 Å². The Kier molecular flexibility index (Phi) is 3.60. The summed E-state index contributed by atoms with van der Waals surface area (Å²) in [6, 6.07) is 0. The maximum Gasteiger partial charge on any atom is 0.0782 e. The van der Waals surface area contributed by atoms with Crippen molar-refractivity contribution in [1.82, 2.24) is 0 Å². The molecule has 0 radical (unpaired) electrons. The fraction of sp³-hybridized carbons (Fsp3) is 0.778. The first-order valence-corrected chi connectivity index (χ1v) is 4.34. The highest BCUT2D eigenvalue weighted by atomic mass is 16.5. The van der Waals surface area contributed by atoms with Gasteiger partial charge in [-0.2, -0.15) is 0 Å². The van der Waals surface area contributed by atoms with Gasteiger partial charge in [-0.1, -0.05) is 6.58 Å². The summed E-state index contributed by atoms with van der Waals surface area (Å²) in [7, 11) is 0. The van der Waals surface area contributed by atoms with Gasteiger partial charge in [0.25, 0.3) is 0 Å². The maximum atomic E-state index is 5.54. The van der Waals surface area contributed by atoms with E-state index in [9.17, 15) is 0 Å². The van der Waals surface area contributed by atoms with E-state index in [1.165, 1.54) is 18.4 Å². The molecule has 1 unspecified atom stereocenters. The fourth-order valence-electron chi connectivity index (χ4n) is 1.41. The van der Waals surface area contributed by atoms with Crippen molar-refractivity contribution < 1.29 is 4.74 Å². The topological polar surface area (TPSA) is 35.2 Å². The summed E-state index contributed by atoms with van der Waals surface area (Å²) < 4.78 is 5.54. The lowest BCUT2D eigenvalue weighted by atomic mass is 10.0. The van der Waals surface area contributed by atoms with Gasteiger partial charge in [-0.3, -0.25) is 0 Å². The van der Waals surface area contributed by atoms with Crippen molar-refractivity contribution in [3.8, 4) is 0 Å². The molecule has 0 spiro atoms. The summed E-state index contributed by atoms with van der Waals surface area (Å²) in [6.07, 6.45) is 4.82. The number of ether oxygens (including phenoxy) is 1. The van der Waals surface area contributed by atoms with Crippen molar-refractivity contribution in [2.24, 2.45) is 5.73 Å². The molecular formula is C9H17NO. The Bertz CT molecular complexity index is 128. The number of rotatable bonds is 3. The van der Waals surface area contributed by atoms with E-state index in [1.807, 2.05) is 0 Å². The van der Waals surface area contributed by atoms with E-state index >= 15 is 0 Å². The van der Waals surface area contributed by atoms with Crippen LogP contribution in [0.25, 0.3) is 0 Å². The molecule has 1 saturated heterocycles. The molecule has 2 heteroatoms. The molecule has 2 N–H and O–H groups in total. The molecule has 0 aliphatic carbocycles. The second-order valence-electron chi connectivity index (χ2n) is 3.05. The van der Waals surface area contributed by atoms with Gasteiger partial charge >= 0.3 is 0 Å². The predicted molar refractivity (Wildman–Crippen MR) is 46.4 cm³/mol. The minimum absolute atomic E-state index is 0.298. The molecule has 1 atom stereocenters. The highest BCUT2D eigenvalue weighted by molar-refractivity contribution is 5.03. The number of nitrogens with two attached hydrogens (primary N) is 1. The molecule has 0 amide bonds. The van der Waals surface area contributed by atoms with Crippen molar-refractivity contribution >= 4 is 0 Å². The molecule has 1 rings (SSSR count). The Morgan fingerprint density at radius 3 is 2.91 bits per heavy atom. The number of hydrogen-bond donors (Lipinski definition) is 1. The van der Waals surface area contributed by atoms with Gasteiger partial charge in [-0.25, -0.2) is 0 Å². The highest BCUT2D eigenvalue weighted by Gasteiger charge is 2.15. The molecule has 0 saturated carbocycles. The van der Waals surface area contributed by atoms with Crippen LogP contribution in [0.15, 0.2) is 12.2 Å². The van der Waals surface area contributed by atoms with Gasteiger partial charge in [0.2, 0.25) is 0 Å². The number of hydrogen-bond acceptors (Lipinski definition) is 2. The van der Waals surface area contributed by atoms with Gasteiger partial charge in [-0.05, 0) is 37.8 Å². The molecule has 1 aliphatic heterocycles. The molecule has 2 nitrogen and oxygen atoms in total. The van der Waals surface area contributed by atoms with Crippen LogP contribution in [0.1, 0.15) is 25.7 Å². The Morgan fingerprint density at radius 1 is 1.55 bits per heavy atom. The van der Waals surface area contributed by atoms with Crippen LogP contribution >= 0.6 is 0 Å². The maximum absolute atomic E-state index is 5.54. The van der Waals surface area contributed by atoms with Crippen LogP contribution < -0.4 is 5.73 Å². The standard InChI is InChI=1S/C9H17NO/c1-8(5-6-10)9-4-2-3-7-11-9/h9H,1-7,10H2. The largest absolute Gasteiger partial charge is 0.374 e. The summed E-state index contributed by atoms with van der Waals surface area (Å²) in [5.41, 5.74) is 6.59. The quantitative estimate of drug-likeness (QED) is 0.626. The third kappa shape index (κ3) is 2.64. The van der Waals surface area contributed by atoms with Crippen LogP contribution in [0.4, 0.5) is 0 Å². The molecule has 0 bridgehead atoms. The van der Waals surface area contributed by atoms with E-state index in [0.29, 0.717) is 12.6 Å². The van der Waals surface area contributed by atoms with Gasteiger partial charge in [-0.15, -0.1) is 0 Å². The zero-order chi connectivity index (χ0) is 8.10. The highest BCUT2D eigenvalue weighted by Crippen LogP contribution is 2.19. The Balaban J connectivity index is 2.27. The molecular weight excluding hydrogens is 138 g/mol. The van der Waals surface area contributed by atoms with E-state index < -0.39 is 0 Å². The SMILES string of the molecule is C=C(CCN)C1CCCCO1. The first-order chi connectivity index (χ1) is 5.34. The molecule has 0 aromatic rings. The lowest BCUT2D eigenvalue weighted by Gasteiger charge is -2.24. The normalized spacial score (nSPS) is 25.0. The molecule has 1 heterocycles. The van der Waals surface area contributed by atoms with Crippen molar-refractivity contribution in [3.05, 3.63) is 12.2 Å². The summed E-state index contributed by atoms with van der Waals surface area (Å²) in [6.45, 7) is 5.55. The van der Waals surface area contributed by atoms with Crippen LogP contribution in [-0.4, -0.2) is 19.3 Å². The van der Waals surface area contributed by atoms with Crippen LogP contribution in [0.3, 0.4) is 0 Å². The van der Waals surface area contributed by atoms with Crippen molar-refractivity contribution in [3.63, 3.8) is 0 Å². The third-order valence-electron chi connectivity index (χ3n) is 2.10. The Morgan fingerprint density at radius 2 is 2.36 bits per heavy atom. The van der Waals surface area contributed by atoms with Crippen LogP contribution in [0.5, 0.6) is 0 Å². The first-order valence-electron chi connectivity index (χ1n) is 4.34. The van der Waals surface area contributed by atoms with Gasteiger partial charge in [0, 0.05) is 6.61 Å². The van der Waals surface area contributed by atoms with Gasteiger partial charge in [0.1, 0.15) is 0 Å². The van der Waals surface area contributed by atoms with Crippen molar-refractivity contribution in [1.29, 1.82) is 0 Å². The van der Waals surface area contributed by atoms with Crippen LogP contribution in [-0.2, 0) is 4.74 Å². The zero-order valence-electron chi connectivity index (χ0n) is 7.01. The van der Waals surface area contributed by atoms with E-state index in [0.717, 1.165) is 19.4 Å². The second-order valence-corrected chi connectivity index (χ2v) is 3.05. The smallest absolute Gasteiger partial charge is 0.0782 e. The summed E-state index contributed by atoms with van der Waals surface area (Å²) in [5.74, 6) is 0. The predicted octanol–water partition coefficient (Wildman–Crippen LogP) is 1.46. The molecule has 1 fully saturated rings. The van der Waals surface area contributed by atoms with Gasteiger partial charge in [0.15, 0.2) is 0 Å². The van der Waals surface area contributed by atoms with Gasteiger partial charge < -0.3 is 10.5 Å². The molecule has 0 aromatic heterocycles. The lowest BCUT2D eigenvalue weighted by Crippen LogP contribution is -2.22. The molecule has 11 heavy (non-hydrogen) atoms. The first kappa shape index (κ1) is 8.75. The molecule has 64 valence electrons. The fourth-order valence-corrected chi connectivity index (χ4v) is 1.41. The minimum atomic E-state index is 0.298. The Labute approximate surface area is 68.4 Å². The summed E-state index contributed by atoms with van der Waals surface area (Å²) >= 11 is 0. The average Bonchev–Trinajstić information content (AvgIpc) is 2.07. The van der Waals surface area contributed by atoms with Crippen molar-refractivity contribution in [2.45, 2.75) is 31.8 Å². The lowest BCUT2D eigenvalue weighted by molar-refractivity contribution is 0.0378. The van der Waals surface area contributed by atoms with Crippen LogP contribution in [0.2, 0.25) is 0 Å². The Hall–Kier alpha value is -0.340. The second kappa shape index (κ2) is 4.52. The summed E-state index contributed by atoms with van der Waals surface area (Å²) in [4.78, 5) is 0. The monoisotopic (exact) mass is 155 g/mol. The molecule has 0 aromatic carbocycles. The third-order valence-corrected chi connectivity index (χ3v) is 2.10. The average molecular weight is 155 g/mol. The van der Waals surface area contributed by atoms with E-state index in [-0.39, 0.29) is 0 Å². The zero-order valence-corrected chi connectivity index (χ0v) is 7.01. The van der Waals surface area contributed by atoms with E-state index in [4.69, 9.17) is 10.5 Å². The van der Waals surface area contributed by atoms with Crippen LogP contribution in [0, 0.1) is 0 Å². The minimum Gasteiger partial charge on any atom is -0.374 e. The molecule has 1 aliphatic rings. The van der Waals surface area contributed by atoms with Crippen molar-refractivity contribution in [2.75, 3.05) is 13.2 Å². The van der Waals surface area contributed by atoms with E-state index in [2.05, 4.69) is 6.58 Å². The summed E-state index contributed by atoms with van der Waals surface area (Å²) in [5, 5.41) is 0. The van der Waals surface area contributed by atoms with E-state index in [1.54, 1.807) is 0 Å².